The number of thioether (sulfide) groups is 2. The molecule has 17 heavy (non-hydrogen) atoms. The molecular weight excluding hydrogens is 248 g/mol. The average molecular weight is 268 g/mol. The number of nitrogens with two attached hydrogens (primary N) is 1. The van der Waals surface area contributed by atoms with Crippen LogP contribution in [0.25, 0.3) is 0 Å². The summed E-state index contributed by atoms with van der Waals surface area (Å²) in [6.45, 7) is 5.25. The lowest BCUT2D eigenvalue weighted by Crippen LogP contribution is -2.23. The molecule has 1 aromatic rings. The van der Waals surface area contributed by atoms with Gasteiger partial charge < -0.3 is 11.1 Å². The predicted molar refractivity (Wildman–Crippen MR) is 82.4 cm³/mol. The van der Waals surface area contributed by atoms with Crippen molar-refractivity contribution >= 4 is 34.9 Å². The minimum atomic E-state index is 0.717. The molecular formula is C13H20N2S2. The summed E-state index contributed by atoms with van der Waals surface area (Å²) in [4.78, 5) is 0. The van der Waals surface area contributed by atoms with Gasteiger partial charge in [-0.05, 0) is 37.1 Å². The van der Waals surface area contributed by atoms with Gasteiger partial charge in [0.15, 0.2) is 0 Å². The molecule has 0 bridgehead atoms. The van der Waals surface area contributed by atoms with Crippen molar-refractivity contribution in [3.05, 3.63) is 23.3 Å². The average Bonchev–Trinajstić information content (AvgIpc) is 2.33. The van der Waals surface area contributed by atoms with Crippen LogP contribution in [0.2, 0.25) is 0 Å². The number of hydrogen-bond donors (Lipinski definition) is 2. The van der Waals surface area contributed by atoms with E-state index in [-0.39, 0.29) is 0 Å². The molecule has 0 aliphatic carbocycles. The maximum atomic E-state index is 6.03. The summed E-state index contributed by atoms with van der Waals surface area (Å²) in [5.41, 5.74) is 10.5. The molecule has 0 spiro atoms. The molecule has 1 aromatic carbocycles. The van der Waals surface area contributed by atoms with Crippen LogP contribution in [-0.2, 0) is 0 Å². The molecule has 1 saturated heterocycles. The first-order valence-electron chi connectivity index (χ1n) is 5.97. The molecule has 0 aromatic heterocycles. The summed E-state index contributed by atoms with van der Waals surface area (Å²) in [7, 11) is 0. The van der Waals surface area contributed by atoms with Crippen molar-refractivity contribution in [3.8, 4) is 0 Å². The van der Waals surface area contributed by atoms with E-state index in [1.165, 1.54) is 28.4 Å². The highest BCUT2D eigenvalue weighted by atomic mass is 32.2. The van der Waals surface area contributed by atoms with Crippen LogP contribution in [0.4, 0.5) is 11.4 Å². The van der Waals surface area contributed by atoms with Crippen molar-refractivity contribution in [2.75, 3.05) is 34.9 Å². The van der Waals surface area contributed by atoms with Crippen molar-refractivity contribution in [1.29, 1.82) is 0 Å². The quantitative estimate of drug-likeness (QED) is 0.826. The van der Waals surface area contributed by atoms with Gasteiger partial charge in [-0.1, -0.05) is 0 Å². The van der Waals surface area contributed by atoms with Crippen LogP contribution in [-0.4, -0.2) is 29.1 Å². The Morgan fingerprint density at radius 2 is 2.06 bits per heavy atom. The van der Waals surface area contributed by atoms with E-state index < -0.39 is 0 Å². The third-order valence-corrected chi connectivity index (χ3v) is 5.92. The number of rotatable bonds is 3. The summed E-state index contributed by atoms with van der Waals surface area (Å²) >= 11 is 4.13. The van der Waals surface area contributed by atoms with Gasteiger partial charge in [0, 0.05) is 29.1 Å². The molecule has 0 saturated carbocycles. The van der Waals surface area contributed by atoms with E-state index in [1.807, 2.05) is 0 Å². The third kappa shape index (κ3) is 3.49. The molecule has 1 aliphatic heterocycles. The van der Waals surface area contributed by atoms with Gasteiger partial charge in [0.1, 0.15) is 0 Å². The highest BCUT2D eigenvalue weighted by Gasteiger charge is 2.14. The smallest absolute Gasteiger partial charge is 0.0577 e. The van der Waals surface area contributed by atoms with Crippen LogP contribution in [0.5, 0.6) is 0 Å². The van der Waals surface area contributed by atoms with E-state index in [9.17, 15) is 0 Å². The predicted octanol–water partition coefficient (Wildman–Crippen LogP) is 3.15. The van der Waals surface area contributed by atoms with Crippen LogP contribution in [0, 0.1) is 13.8 Å². The molecule has 0 amide bonds. The number of anilines is 2. The van der Waals surface area contributed by atoms with Crippen LogP contribution in [0.3, 0.4) is 0 Å². The van der Waals surface area contributed by atoms with E-state index >= 15 is 0 Å². The molecule has 2 rings (SSSR count). The van der Waals surface area contributed by atoms with Gasteiger partial charge in [-0.2, -0.15) is 23.5 Å². The Balaban J connectivity index is 1.96. The van der Waals surface area contributed by atoms with Crippen LogP contribution < -0.4 is 11.1 Å². The molecule has 94 valence electrons. The number of aryl methyl sites for hydroxylation is 2. The molecule has 1 unspecified atom stereocenters. The Bertz CT molecular complexity index is 387. The summed E-state index contributed by atoms with van der Waals surface area (Å²) in [6.07, 6.45) is 0. The minimum Gasteiger partial charge on any atom is -0.397 e. The van der Waals surface area contributed by atoms with Gasteiger partial charge in [-0.25, -0.2) is 0 Å². The Morgan fingerprint density at radius 1 is 1.29 bits per heavy atom. The molecule has 4 heteroatoms. The van der Waals surface area contributed by atoms with Crippen LogP contribution >= 0.6 is 23.5 Å². The first-order valence-corrected chi connectivity index (χ1v) is 8.17. The Morgan fingerprint density at radius 3 is 2.76 bits per heavy atom. The first-order chi connectivity index (χ1) is 8.16. The topological polar surface area (TPSA) is 38.0 Å². The first kappa shape index (κ1) is 13.0. The molecule has 1 fully saturated rings. The second-order valence-corrected chi connectivity index (χ2v) is 7.03. The zero-order chi connectivity index (χ0) is 12.3. The van der Waals surface area contributed by atoms with E-state index in [2.05, 4.69) is 54.8 Å². The highest BCUT2D eigenvalue weighted by molar-refractivity contribution is 8.06. The monoisotopic (exact) mass is 268 g/mol. The van der Waals surface area contributed by atoms with Gasteiger partial charge in [0.2, 0.25) is 0 Å². The van der Waals surface area contributed by atoms with Gasteiger partial charge in [0.05, 0.1) is 11.4 Å². The fourth-order valence-corrected chi connectivity index (χ4v) is 4.48. The Labute approximate surface area is 112 Å². The third-order valence-electron chi connectivity index (χ3n) is 3.07. The van der Waals surface area contributed by atoms with E-state index in [1.54, 1.807) is 0 Å². The zero-order valence-electron chi connectivity index (χ0n) is 10.5. The van der Waals surface area contributed by atoms with Gasteiger partial charge in [0.25, 0.3) is 0 Å². The second kappa shape index (κ2) is 5.91. The summed E-state index contributed by atoms with van der Waals surface area (Å²) in [5.74, 6) is 3.83. The van der Waals surface area contributed by atoms with Crippen LogP contribution in [0.15, 0.2) is 12.1 Å². The normalized spacial score (nSPS) is 20.2. The molecule has 0 radical (unpaired) electrons. The molecule has 3 N–H and O–H groups in total. The number of hydrogen-bond acceptors (Lipinski definition) is 4. The van der Waals surface area contributed by atoms with Gasteiger partial charge >= 0.3 is 0 Å². The van der Waals surface area contributed by atoms with Gasteiger partial charge in [-0.3, -0.25) is 0 Å². The van der Waals surface area contributed by atoms with Crippen molar-refractivity contribution in [1.82, 2.24) is 0 Å². The van der Waals surface area contributed by atoms with E-state index in [0.29, 0.717) is 0 Å². The lowest BCUT2D eigenvalue weighted by molar-refractivity contribution is 1.00. The number of nitrogens with one attached hydrogen (secondary N) is 1. The molecule has 2 nitrogen and oxygen atoms in total. The number of benzene rings is 1. The summed E-state index contributed by atoms with van der Waals surface area (Å²) < 4.78 is 0. The van der Waals surface area contributed by atoms with Crippen LogP contribution in [0.1, 0.15) is 11.1 Å². The SMILES string of the molecule is Cc1cc(N)c(NCC2CSCCS2)cc1C. The van der Waals surface area contributed by atoms with Crippen molar-refractivity contribution in [2.45, 2.75) is 19.1 Å². The summed E-state index contributed by atoms with van der Waals surface area (Å²) in [5, 5.41) is 4.21. The second-order valence-electron chi connectivity index (χ2n) is 4.47. The van der Waals surface area contributed by atoms with Gasteiger partial charge in [-0.15, -0.1) is 0 Å². The largest absolute Gasteiger partial charge is 0.397 e. The lowest BCUT2D eigenvalue weighted by Gasteiger charge is -2.22. The van der Waals surface area contributed by atoms with Crippen molar-refractivity contribution < 1.29 is 0 Å². The van der Waals surface area contributed by atoms with E-state index in [0.717, 1.165) is 23.2 Å². The standard InChI is InChI=1S/C13H20N2S2/c1-9-5-12(14)13(6-10(9)2)15-7-11-8-16-3-4-17-11/h5-6,11,15H,3-4,7-8,14H2,1-2H3. The molecule has 1 atom stereocenters. The summed E-state index contributed by atoms with van der Waals surface area (Å²) in [6, 6.07) is 4.21. The zero-order valence-corrected chi connectivity index (χ0v) is 12.1. The minimum absolute atomic E-state index is 0.717. The fraction of sp³-hybridized carbons (Fsp3) is 0.538. The maximum Gasteiger partial charge on any atom is 0.0577 e. The highest BCUT2D eigenvalue weighted by Crippen LogP contribution is 2.26. The Kier molecular flexibility index (Phi) is 4.51. The van der Waals surface area contributed by atoms with Crippen molar-refractivity contribution in [2.24, 2.45) is 0 Å². The number of nitrogen functional groups attached to an aromatic ring is 1. The molecule has 1 aliphatic rings. The van der Waals surface area contributed by atoms with E-state index in [4.69, 9.17) is 5.73 Å². The maximum absolute atomic E-state index is 6.03. The molecule has 1 heterocycles. The fourth-order valence-electron chi connectivity index (χ4n) is 1.87. The Hall–Kier alpha value is -0.480. The van der Waals surface area contributed by atoms with Crippen molar-refractivity contribution in [3.63, 3.8) is 0 Å². The lowest BCUT2D eigenvalue weighted by atomic mass is 10.1.